The average molecular weight is 526 g/mol. The third kappa shape index (κ3) is 4.20. The fourth-order valence-electron chi connectivity index (χ4n) is 3.59. The molecule has 0 unspecified atom stereocenters. The molecule has 0 N–H and O–H groups in total. The number of carbonyl (C=O) groups excluding carboxylic acids is 2. The number of rotatable bonds is 4. The summed E-state index contributed by atoms with van der Waals surface area (Å²) < 4.78 is 1.97. The summed E-state index contributed by atoms with van der Waals surface area (Å²) in [5.74, 6) is -0.387. The zero-order valence-electron chi connectivity index (χ0n) is 17.0. The predicted octanol–water partition coefficient (Wildman–Crippen LogP) is 7.94. The van der Waals surface area contributed by atoms with Crippen molar-refractivity contribution in [2.75, 3.05) is 0 Å². The summed E-state index contributed by atoms with van der Waals surface area (Å²) in [5.41, 5.74) is 3.87. The number of imide groups is 1. The van der Waals surface area contributed by atoms with E-state index in [1.54, 1.807) is 30.3 Å². The van der Waals surface area contributed by atoms with E-state index in [1.807, 2.05) is 36.6 Å². The van der Waals surface area contributed by atoms with E-state index in [0.717, 1.165) is 39.3 Å². The zero-order chi connectivity index (χ0) is 23.2. The standard InChI is InChI=1S/C23H16Cl4N2O2S/c1-12-9-14(13(2)29(12)19-8-4-7-18(26)21(19)27)10-20-22(30)28(23(31)32-20)11-15-16(24)5-3-6-17(15)25/h3-10H,11H2,1-2H3/b20-10-. The molecule has 32 heavy (non-hydrogen) atoms. The summed E-state index contributed by atoms with van der Waals surface area (Å²) in [6.07, 6.45) is 1.72. The van der Waals surface area contributed by atoms with E-state index in [4.69, 9.17) is 46.4 Å². The SMILES string of the molecule is Cc1cc(/C=C2\SC(=O)N(Cc3c(Cl)cccc3Cl)C2=O)c(C)n1-c1cccc(Cl)c1Cl. The van der Waals surface area contributed by atoms with Crippen LogP contribution < -0.4 is 0 Å². The van der Waals surface area contributed by atoms with Crippen molar-refractivity contribution < 1.29 is 9.59 Å². The molecule has 0 radical (unpaired) electrons. The van der Waals surface area contributed by atoms with Crippen LogP contribution in [0.4, 0.5) is 4.79 Å². The molecule has 1 aliphatic rings. The quantitative estimate of drug-likeness (QED) is 0.324. The van der Waals surface area contributed by atoms with Crippen LogP contribution in [-0.4, -0.2) is 20.6 Å². The maximum atomic E-state index is 13.0. The van der Waals surface area contributed by atoms with Crippen molar-refractivity contribution in [3.05, 3.63) is 90.0 Å². The van der Waals surface area contributed by atoms with E-state index in [0.29, 0.717) is 30.6 Å². The van der Waals surface area contributed by atoms with E-state index in [2.05, 4.69) is 0 Å². The Balaban J connectivity index is 1.68. The fraction of sp³-hybridized carbons (Fsp3) is 0.130. The molecule has 0 atom stereocenters. The molecular weight excluding hydrogens is 510 g/mol. The number of benzene rings is 2. The van der Waals surface area contributed by atoms with Gasteiger partial charge in [0.05, 0.1) is 27.2 Å². The summed E-state index contributed by atoms with van der Waals surface area (Å²) in [6.45, 7) is 3.87. The molecule has 0 aliphatic carbocycles. The first-order valence-electron chi connectivity index (χ1n) is 9.50. The molecule has 1 aliphatic heterocycles. The fourth-order valence-corrected chi connectivity index (χ4v) is 5.31. The molecule has 3 aromatic rings. The van der Waals surface area contributed by atoms with Gasteiger partial charge >= 0.3 is 0 Å². The van der Waals surface area contributed by atoms with Gasteiger partial charge in [-0.05, 0) is 67.6 Å². The highest BCUT2D eigenvalue weighted by atomic mass is 35.5. The van der Waals surface area contributed by atoms with Crippen LogP contribution in [0.5, 0.6) is 0 Å². The van der Waals surface area contributed by atoms with Crippen LogP contribution in [0, 0.1) is 13.8 Å². The number of hydrogen-bond donors (Lipinski definition) is 0. The van der Waals surface area contributed by atoms with Gasteiger partial charge in [0, 0.05) is 27.0 Å². The van der Waals surface area contributed by atoms with Gasteiger partial charge in [-0.25, -0.2) is 0 Å². The highest BCUT2D eigenvalue weighted by molar-refractivity contribution is 8.18. The Hall–Kier alpha value is -1.89. The summed E-state index contributed by atoms with van der Waals surface area (Å²) in [6, 6.07) is 12.4. The second-order valence-corrected chi connectivity index (χ2v) is 9.80. The van der Waals surface area contributed by atoms with Crippen LogP contribution in [0.2, 0.25) is 20.1 Å². The van der Waals surface area contributed by atoms with Crippen LogP contribution >= 0.6 is 58.2 Å². The van der Waals surface area contributed by atoms with E-state index < -0.39 is 0 Å². The maximum Gasteiger partial charge on any atom is 0.293 e. The van der Waals surface area contributed by atoms with Gasteiger partial charge in [-0.1, -0.05) is 58.5 Å². The Morgan fingerprint density at radius 2 is 1.56 bits per heavy atom. The average Bonchev–Trinajstić information content (AvgIpc) is 3.16. The molecule has 4 nitrogen and oxygen atoms in total. The van der Waals surface area contributed by atoms with Crippen LogP contribution in [0.3, 0.4) is 0 Å². The Morgan fingerprint density at radius 1 is 0.938 bits per heavy atom. The molecule has 0 bridgehead atoms. The van der Waals surface area contributed by atoms with Gasteiger partial charge < -0.3 is 4.57 Å². The number of carbonyl (C=O) groups is 2. The largest absolute Gasteiger partial charge is 0.316 e. The summed E-state index contributed by atoms with van der Waals surface area (Å²) in [7, 11) is 0. The highest BCUT2D eigenvalue weighted by Crippen LogP contribution is 2.37. The van der Waals surface area contributed by atoms with Gasteiger partial charge in [0.15, 0.2) is 0 Å². The van der Waals surface area contributed by atoms with Gasteiger partial charge in [-0.15, -0.1) is 0 Å². The number of aromatic nitrogens is 1. The Morgan fingerprint density at radius 3 is 2.25 bits per heavy atom. The number of nitrogens with zero attached hydrogens (tertiary/aromatic N) is 2. The lowest BCUT2D eigenvalue weighted by atomic mass is 10.2. The Bertz CT molecular complexity index is 1280. The van der Waals surface area contributed by atoms with Crippen molar-refractivity contribution in [2.45, 2.75) is 20.4 Å². The maximum absolute atomic E-state index is 13.0. The first-order valence-corrected chi connectivity index (χ1v) is 11.8. The highest BCUT2D eigenvalue weighted by Gasteiger charge is 2.36. The monoisotopic (exact) mass is 524 g/mol. The van der Waals surface area contributed by atoms with E-state index in [9.17, 15) is 9.59 Å². The Kier molecular flexibility index (Phi) is 6.66. The van der Waals surface area contributed by atoms with Crippen molar-refractivity contribution in [1.29, 1.82) is 0 Å². The predicted molar refractivity (Wildman–Crippen MR) is 133 cm³/mol. The van der Waals surface area contributed by atoms with Gasteiger partial charge in [0.25, 0.3) is 11.1 Å². The molecule has 9 heteroatoms. The Labute approximate surface area is 209 Å². The summed E-state index contributed by atoms with van der Waals surface area (Å²) in [5, 5.41) is 1.34. The lowest BCUT2D eigenvalue weighted by Crippen LogP contribution is -2.27. The molecule has 2 aromatic carbocycles. The second-order valence-electron chi connectivity index (χ2n) is 7.20. The first kappa shape index (κ1) is 23.3. The molecule has 2 heterocycles. The molecule has 164 valence electrons. The lowest BCUT2D eigenvalue weighted by Gasteiger charge is -2.14. The van der Waals surface area contributed by atoms with E-state index >= 15 is 0 Å². The van der Waals surface area contributed by atoms with Crippen molar-refractivity contribution in [1.82, 2.24) is 9.47 Å². The van der Waals surface area contributed by atoms with Crippen molar-refractivity contribution in [3.63, 3.8) is 0 Å². The van der Waals surface area contributed by atoms with Crippen molar-refractivity contribution >= 4 is 75.4 Å². The number of hydrogen-bond acceptors (Lipinski definition) is 3. The summed E-state index contributed by atoms with van der Waals surface area (Å²) >= 11 is 25.9. The molecule has 1 saturated heterocycles. The third-order valence-corrected chi connectivity index (χ3v) is 7.61. The molecule has 2 amide bonds. The molecule has 4 rings (SSSR count). The molecule has 1 fully saturated rings. The molecule has 0 spiro atoms. The number of amides is 2. The van der Waals surface area contributed by atoms with Crippen LogP contribution in [0.25, 0.3) is 11.8 Å². The minimum absolute atomic E-state index is 0.0116. The normalized spacial score (nSPS) is 15.3. The minimum atomic E-state index is -0.387. The molecular formula is C23H16Cl4N2O2S. The number of halogens is 4. The van der Waals surface area contributed by atoms with Crippen LogP contribution in [0.1, 0.15) is 22.5 Å². The second kappa shape index (κ2) is 9.16. The first-order chi connectivity index (χ1) is 15.2. The van der Waals surface area contributed by atoms with Crippen LogP contribution in [-0.2, 0) is 11.3 Å². The van der Waals surface area contributed by atoms with E-state index in [-0.39, 0.29) is 17.7 Å². The van der Waals surface area contributed by atoms with Crippen LogP contribution in [0.15, 0.2) is 47.4 Å². The molecule has 1 aromatic heterocycles. The summed E-state index contributed by atoms with van der Waals surface area (Å²) in [4.78, 5) is 27.1. The zero-order valence-corrected chi connectivity index (χ0v) is 20.8. The lowest BCUT2D eigenvalue weighted by molar-refractivity contribution is -0.123. The minimum Gasteiger partial charge on any atom is -0.316 e. The van der Waals surface area contributed by atoms with Gasteiger partial charge in [-0.2, -0.15) is 0 Å². The number of thioether (sulfide) groups is 1. The van der Waals surface area contributed by atoms with Gasteiger partial charge in [-0.3, -0.25) is 14.5 Å². The van der Waals surface area contributed by atoms with Crippen molar-refractivity contribution in [3.8, 4) is 5.69 Å². The smallest absolute Gasteiger partial charge is 0.293 e. The topological polar surface area (TPSA) is 42.3 Å². The van der Waals surface area contributed by atoms with Gasteiger partial charge in [0.1, 0.15) is 0 Å². The van der Waals surface area contributed by atoms with Gasteiger partial charge in [0.2, 0.25) is 0 Å². The molecule has 0 saturated carbocycles. The van der Waals surface area contributed by atoms with Crippen molar-refractivity contribution in [2.24, 2.45) is 0 Å². The third-order valence-electron chi connectivity index (χ3n) is 5.18. The number of aryl methyl sites for hydroxylation is 1. The van der Waals surface area contributed by atoms with E-state index in [1.165, 1.54) is 0 Å².